The van der Waals surface area contributed by atoms with Crippen molar-refractivity contribution in [1.82, 2.24) is 9.55 Å². The number of nitrogens with one attached hydrogen (secondary N) is 1. The van der Waals surface area contributed by atoms with Crippen LogP contribution in [0.4, 0.5) is 5.69 Å². The molecule has 0 radical (unpaired) electrons. The first-order chi connectivity index (χ1) is 15.9. The van der Waals surface area contributed by atoms with Crippen molar-refractivity contribution in [2.45, 2.75) is 43.6 Å². The largest absolute Gasteiger partial charge is 0.342 e. The maximum absolute atomic E-state index is 11.2. The second-order valence-electron chi connectivity index (χ2n) is 7.77. The van der Waals surface area contributed by atoms with Gasteiger partial charge in [0.05, 0.1) is 24.3 Å². The third-order valence-electron chi connectivity index (χ3n) is 5.31. The Bertz CT molecular complexity index is 1120. The minimum Gasteiger partial charge on any atom is -0.342 e. The number of hydrogen-bond acceptors (Lipinski definition) is 5. The standard InChI is InChI=1S/C24H25Cl2N3O3S/c1-3-23-27-10-11-29(23)15-24(21-9-4-17(25)12-22(21)26)31-13-19(32-24)14-33-20-7-5-18(6-8-20)28-16(2)30/h4-12,19H,3,13-15H2,1-2H3,(H,28,30). The van der Waals surface area contributed by atoms with Gasteiger partial charge in [-0.1, -0.05) is 36.2 Å². The van der Waals surface area contributed by atoms with Gasteiger partial charge < -0.3 is 19.4 Å². The van der Waals surface area contributed by atoms with Crippen molar-refractivity contribution in [3.05, 3.63) is 76.3 Å². The van der Waals surface area contributed by atoms with E-state index in [9.17, 15) is 4.79 Å². The summed E-state index contributed by atoms with van der Waals surface area (Å²) < 4.78 is 14.9. The number of nitrogens with zero attached hydrogens (tertiary/aromatic N) is 2. The van der Waals surface area contributed by atoms with E-state index in [1.807, 2.05) is 41.1 Å². The van der Waals surface area contributed by atoms with Gasteiger partial charge in [-0.25, -0.2) is 4.98 Å². The first-order valence-electron chi connectivity index (χ1n) is 10.7. The Kier molecular flexibility index (Phi) is 7.66. The zero-order chi connectivity index (χ0) is 23.4. The van der Waals surface area contributed by atoms with Crippen LogP contribution in [0.3, 0.4) is 0 Å². The number of anilines is 1. The highest BCUT2D eigenvalue weighted by Crippen LogP contribution is 2.41. The monoisotopic (exact) mass is 505 g/mol. The van der Waals surface area contributed by atoms with Crippen LogP contribution in [0, 0.1) is 0 Å². The molecule has 1 saturated heterocycles. The number of thioether (sulfide) groups is 1. The van der Waals surface area contributed by atoms with Gasteiger partial charge in [-0.15, -0.1) is 11.8 Å². The molecule has 9 heteroatoms. The fraction of sp³-hybridized carbons (Fsp3) is 0.333. The van der Waals surface area contributed by atoms with Crippen LogP contribution in [0.25, 0.3) is 0 Å². The predicted molar refractivity (Wildman–Crippen MR) is 132 cm³/mol. The summed E-state index contributed by atoms with van der Waals surface area (Å²) in [6, 6.07) is 13.1. The highest BCUT2D eigenvalue weighted by Gasteiger charge is 2.45. The van der Waals surface area contributed by atoms with Crippen molar-refractivity contribution in [1.29, 1.82) is 0 Å². The molecule has 1 aliphatic rings. The number of carbonyl (C=O) groups is 1. The van der Waals surface area contributed by atoms with Crippen LogP contribution < -0.4 is 5.32 Å². The van der Waals surface area contributed by atoms with E-state index in [2.05, 4.69) is 17.2 Å². The lowest BCUT2D eigenvalue weighted by Crippen LogP contribution is -2.34. The molecule has 0 bridgehead atoms. The number of rotatable bonds is 8. The van der Waals surface area contributed by atoms with Crippen molar-refractivity contribution >= 4 is 46.6 Å². The highest BCUT2D eigenvalue weighted by molar-refractivity contribution is 7.99. The van der Waals surface area contributed by atoms with Crippen LogP contribution in [0.15, 0.2) is 59.8 Å². The van der Waals surface area contributed by atoms with E-state index in [0.29, 0.717) is 28.9 Å². The Morgan fingerprint density at radius 2 is 2.06 bits per heavy atom. The molecular formula is C24H25Cl2N3O3S. The summed E-state index contributed by atoms with van der Waals surface area (Å²) in [4.78, 5) is 16.7. The Balaban J connectivity index is 1.51. The van der Waals surface area contributed by atoms with Crippen molar-refractivity contribution < 1.29 is 14.3 Å². The average Bonchev–Trinajstić information content (AvgIpc) is 3.40. The quantitative estimate of drug-likeness (QED) is 0.393. The lowest BCUT2D eigenvalue weighted by molar-refractivity contribution is -0.185. The molecule has 0 aliphatic carbocycles. The molecule has 2 heterocycles. The van der Waals surface area contributed by atoms with Gasteiger partial charge in [0.15, 0.2) is 0 Å². The Hall–Kier alpha value is -2.03. The molecule has 1 N–H and O–H groups in total. The zero-order valence-electron chi connectivity index (χ0n) is 18.4. The number of benzene rings is 2. The van der Waals surface area contributed by atoms with Gasteiger partial charge in [-0.05, 0) is 36.4 Å². The van der Waals surface area contributed by atoms with E-state index in [4.69, 9.17) is 32.7 Å². The predicted octanol–water partition coefficient (Wildman–Crippen LogP) is 5.77. The molecule has 4 rings (SSSR count). The summed E-state index contributed by atoms with van der Waals surface area (Å²) in [6.45, 7) is 4.43. The number of amides is 1. The molecule has 33 heavy (non-hydrogen) atoms. The third-order valence-corrected chi connectivity index (χ3v) is 7.00. The van der Waals surface area contributed by atoms with Crippen LogP contribution in [0.1, 0.15) is 25.2 Å². The summed E-state index contributed by atoms with van der Waals surface area (Å²) >= 11 is 14.4. The van der Waals surface area contributed by atoms with Gasteiger partial charge in [0.2, 0.25) is 11.7 Å². The smallest absolute Gasteiger partial charge is 0.221 e. The van der Waals surface area contributed by atoms with Gasteiger partial charge in [0.1, 0.15) is 5.82 Å². The Morgan fingerprint density at radius 1 is 1.27 bits per heavy atom. The number of hydrogen-bond donors (Lipinski definition) is 1. The number of ether oxygens (including phenoxy) is 2. The number of aryl methyl sites for hydroxylation is 1. The lowest BCUT2D eigenvalue weighted by Gasteiger charge is -2.30. The Morgan fingerprint density at radius 3 is 2.76 bits per heavy atom. The van der Waals surface area contributed by atoms with Crippen molar-refractivity contribution in [2.24, 2.45) is 0 Å². The van der Waals surface area contributed by atoms with Crippen LogP contribution in [-0.2, 0) is 33.0 Å². The lowest BCUT2D eigenvalue weighted by atomic mass is 10.1. The molecule has 0 saturated carbocycles. The average molecular weight is 506 g/mol. The third kappa shape index (κ3) is 5.73. The summed E-state index contributed by atoms with van der Waals surface area (Å²) in [5, 5.41) is 3.84. The minimum atomic E-state index is -1.03. The molecule has 2 atom stereocenters. The van der Waals surface area contributed by atoms with Gasteiger partial charge >= 0.3 is 0 Å². The first kappa shape index (κ1) is 24.1. The van der Waals surface area contributed by atoms with E-state index in [1.54, 1.807) is 30.1 Å². The van der Waals surface area contributed by atoms with E-state index in [0.717, 1.165) is 28.4 Å². The van der Waals surface area contributed by atoms with E-state index >= 15 is 0 Å². The van der Waals surface area contributed by atoms with Gasteiger partial charge in [-0.2, -0.15) is 0 Å². The van der Waals surface area contributed by atoms with Crippen molar-refractivity contribution in [2.75, 3.05) is 17.7 Å². The fourth-order valence-corrected chi connectivity index (χ4v) is 5.23. The molecule has 2 unspecified atom stereocenters. The summed E-state index contributed by atoms with van der Waals surface area (Å²) in [5.74, 6) is 0.529. The van der Waals surface area contributed by atoms with Crippen LogP contribution in [0.2, 0.25) is 10.0 Å². The zero-order valence-corrected chi connectivity index (χ0v) is 20.7. The van der Waals surface area contributed by atoms with E-state index < -0.39 is 5.79 Å². The molecular weight excluding hydrogens is 481 g/mol. The maximum atomic E-state index is 11.2. The van der Waals surface area contributed by atoms with Gasteiger partial charge in [0.25, 0.3) is 0 Å². The number of imidazole rings is 1. The van der Waals surface area contributed by atoms with Crippen LogP contribution >= 0.6 is 35.0 Å². The molecule has 1 amide bonds. The molecule has 2 aromatic carbocycles. The fourth-order valence-electron chi connectivity index (χ4n) is 3.80. The Labute approximate surface area is 207 Å². The van der Waals surface area contributed by atoms with Gasteiger partial charge in [0, 0.05) is 52.7 Å². The number of carbonyl (C=O) groups excluding carboxylic acids is 1. The highest BCUT2D eigenvalue weighted by atomic mass is 35.5. The summed E-state index contributed by atoms with van der Waals surface area (Å²) in [6.07, 6.45) is 4.37. The molecule has 1 fully saturated rings. The van der Waals surface area contributed by atoms with Crippen LogP contribution in [0.5, 0.6) is 0 Å². The maximum Gasteiger partial charge on any atom is 0.221 e. The van der Waals surface area contributed by atoms with E-state index in [-0.39, 0.29) is 12.0 Å². The van der Waals surface area contributed by atoms with E-state index in [1.165, 1.54) is 6.92 Å². The van der Waals surface area contributed by atoms with Crippen molar-refractivity contribution in [3.8, 4) is 0 Å². The number of aromatic nitrogens is 2. The second-order valence-corrected chi connectivity index (χ2v) is 9.71. The summed E-state index contributed by atoms with van der Waals surface area (Å²) in [7, 11) is 0. The molecule has 174 valence electrons. The SMILES string of the molecule is CCc1nccn1CC1(c2ccc(Cl)cc2Cl)OCC(CSc2ccc(NC(C)=O)cc2)O1. The second kappa shape index (κ2) is 10.5. The minimum absolute atomic E-state index is 0.0896. The molecule has 0 spiro atoms. The molecule has 6 nitrogen and oxygen atoms in total. The topological polar surface area (TPSA) is 65.4 Å². The van der Waals surface area contributed by atoms with Crippen LogP contribution in [-0.4, -0.2) is 33.9 Å². The molecule has 1 aliphatic heterocycles. The van der Waals surface area contributed by atoms with Gasteiger partial charge in [-0.3, -0.25) is 4.79 Å². The first-order valence-corrected chi connectivity index (χ1v) is 12.4. The molecule has 1 aromatic heterocycles. The molecule has 3 aromatic rings. The summed E-state index contributed by atoms with van der Waals surface area (Å²) in [5.41, 5.74) is 1.52. The normalized spacial score (nSPS) is 20.2. The number of halogens is 2. The van der Waals surface area contributed by atoms with Crippen molar-refractivity contribution in [3.63, 3.8) is 0 Å².